The molecular formula is C18H23ClIN3O3. The van der Waals surface area contributed by atoms with Gasteiger partial charge >= 0.3 is 0 Å². The molecule has 8 heteroatoms. The molecule has 0 aliphatic carbocycles. The van der Waals surface area contributed by atoms with E-state index in [0.29, 0.717) is 22.2 Å². The van der Waals surface area contributed by atoms with Gasteiger partial charge in [-0.1, -0.05) is 23.7 Å². The average Bonchev–Trinajstić information content (AvgIpc) is 2.58. The molecule has 142 valence electrons. The lowest BCUT2D eigenvalue weighted by Crippen LogP contribution is -2.27. The molecule has 0 radical (unpaired) electrons. The average molecular weight is 492 g/mol. The van der Waals surface area contributed by atoms with Crippen molar-refractivity contribution in [2.75, 3.05) is 25.6 Å². The second kappa shape index (κ2) is 11.1. The van der Waals surface area contributed by atoms with E-state index in [0.717, 1.165) is 5.56 Å². The molecule has 0 saturated carbocycles. The summed E-state index contributed by atoms with van der Waals surface area (Å²) in [6.45, 7) is 2.23. The van der Waals surface area contributed by atoms with Crippen LogP contribution in [0.4, 0.5) is 5.69 Å². The van der Waals surface area contributed by atoms with Gasteiger partial charge in [0, 0.05) is 5.69 Å². The number of aliphatic imine (C=N–C) groups is 1. The second-order valence-corrected chi connectivity index (χ2v) is 5.89. The van der Waals surface area contributed by atoms with Gasteiger partial charge < -0.3 is 25.6 Å². The molecule has 6 nitrogen and oxygen atoms in total. The van der Waals surface area contributed by atoms with Crippen LogP contribution in [0.15, 0.2) is 47.5 Å². The number of aliphatic hydroxyl groups is 1. The molecule has 0 aliphatic heterocycles. The Morgan fingerprint density at radius 1 is 1.31 bits per heavy atom. The minimum Gasteiger partial charge on any atom is -0.495 e. The SMILES string of the molecule is COc1ccc(NC(N)=NCC(O)COc2cccc(C)c2)cc1Cl.I. The van der Waals surface area contributed by atoms with Gasteiger partial charge in [-0.15, -0.1) is 24.0 Å². The molecule has 4 N–H and O–H groups in total. The van der Waals surface area contributed by atoms with E-state index in [1.54, 1.807) is 25.3 Å². The number of halogens is 2. The number of benzene rings is 2. The van der Waals surface area contributed by atoms with Crippen molar-refractivity contribution in [3.8, 4) is 11.5 Å². The Bertz CT molecular complexity index is 743. The van der Waals surface area contributed by atoms with Crippen LogP contribution in [0.25, 0.3) is 0 Å². The highest BCUT2D eigenvalue weighted by atomic mass is 127. The molecule has 2 rings (SSSR count). The Balaban J connectivity index is 0.00000338. The van der Waals surface area contributed by atoms with Crippen molar-refractivity contribution in [3.63, 3.8) is 0 Å². The van der Waals surface area contributed by atoms with Gasteiger partial charge in [0.05, 0.1) is 18.7 Å². The standard InChI is InChI=1S/C18H22ClN3O3.HI/c1-12-4-3-5-15(8-12)25-11-14(23)10-21-18(20)22-13-6-7-17(24-2)16(19)9-13;/h3-9,14,23H,10-11H2,1-2H3,(H3,20,21,22);1H. The fraction of sp³-hybridized carbons (Fsp3) is 0.278. The fourth-order valence-electron chi connectivity index (χ4n) is 2.09. The Morgan fingerprint density at radius 3 is 2.73 bits per heavy atom. The van der Waals surface area contributed by atoms with E-state index in [9.17, 15) is 5.11 Å². The van der Waals surface area contributed by atoms with Crippen molar-refractivity contribution < 1.29 is 14.6 Å². The Labute approximate surface area is 175 Å². The lowest BCUT2D eigenvalue weighted by molar-refractivity contribution is 0.114. The molecular weight excluding hydrogens is 469 g/mol. The first-order valence-electron chi connectivity index (χ1n) is 7.76. The third-order valence-corrected chi connectivity index (χ3v) is 3.62. The van der Waals surface area contributed by atoms with Gasteiger partial charge in [-0.05, 0) is 42.8 Å². The lowest BCUT2D eigenvalue weighted by Gasteiger charge is -2.12. The van der Waals surface area contributed by atoms with Crippen molar-refractivity contribution in [1.29, 1.82) is 0 Å². The van der Waals surface area contributed by atoms with Gasteiger partial charge in [0.15, 0.2) is 5.96 Å². The van der Waals surface area contributed by atoms with Crippen LogP contribution in [0, 0.1) is 6.92 Å². The minimum absolute atomic E-state index is 0. The summed E-state index contributed by atoms with van der Waals surface area (Å²) in [5.74, 6) is 1.46. The van der Waals surface area contributed by atoms with Crippen molar-refractivity contribution in [1.82, 2.24) is 0 Å². The number of nitrogens with zero attached hydrogens (tertiary/aromatic N) is 1. The number of anilines is 1. The first kappa shape index (κ1) is 22.3. The van der Waals surface area contributed by atoms with E-state index in [2.05, 4.69) is 10.3 Å². The number of methoxy groups -OCH3 is 1. The summed E-state index contributed by atoms with van der Waals surface area (Å²) in [5.41, 5.74) is 7.59. The molecule has 1 atom stereocenters. The summed E-state index contributed by atoms with van der Waals surface area (Å²) in [7, 11) is 1.55. The summed E-state index contributed by atoms with van der Waals surface area (Å²) in [6, 6.07) is 12.8. The Kier molecular flexibility index (Phi) is 9.53. The maximum atomic E-state index is 9.95. The van der Waals surface area contributed by atoms with Gasteiger partial charge in [0.2, 0.25) is 0 Å². The molecule has 0 aromatic heterocycles. The van der Waals surface area contributed by atoms with Crippen LogP contribution >= 0.6 is 35.6 Å². The molecule has 0 aliphatic rings. The van der Waals surface area contributed by atoms with Crippen LogP contribution in [-0.2, 0) is 0 Å². The molecule has 0 spiro atoms. The van der Waals surface area contributed by atoms with E-state index in [1.165, 1.54) is 0 Å². The highest BCUT2D eigenvalue weighted by Crippen LogP contribution is 2.27. The third-order valence-electron chi connectivity index (χ3n) is 3.33. The third kappa shape index (κ3) is 7.27. The minimum atomic E-state index is -0.764. The Morgan fingerprint density at radius 2 is 2.08 bits per heavy atom. The van der Waals surface area contributed by atoms with E-state index in [4.69, 9.17) is 26.8 Å². The van der Waals surface area contributed by atoms with Crippen molar-refractivity contribution in [3.05, 3.63) is 53.1 Å². The molecule has 26 heavy (non-hydrogen) atoms. The Hall–Kier alpha value is -1.71. The predicted octanol–water partition coefficient (Wildman–Crippen LogP) is 3.44. The van der Waals surface area contributed by atoms with Gasteiger partial charge in [0.25, 0.3) is 0 Å². The first-order valence-corrected chi connectivity index (χ1v) is 8.13. The number of nitrogens with two attached hydrogens (primary N) is 1. The quantitative estimate of drug-likeness (QED) is 0.314. The maximum Gasteiger partial charge on any atom is 0.193 e. The van der Waals surface area contributed by atoms with Gasteiger partial charge in [-0.2, -0.15) is 0 Å². The number of nitrogens with one attached hydrogen (secondary N) is 1. The highest BCUT2D eigenvalue weighted by Gasteiger charge is 2.06. The second-order valence-electron chi connectivity index (χ2n) is 5.48. The normalized spacial score (nSPS) is 12.1. The van der Waals surface area contributed by atoms with E-state index < -0.39 is 6.10 Å². The maximum absolute atomic E-state index is 9.95. The summed E-state index contributed by atoms with van der Waals surface area (Å²) < 4.78 is 10.6. The number of rotatable bonds is 7. The van der Waals surface area contributed by atoms with Crippen LogP contribution < -0.4 is 20.5 Å². The van der Waals surface area contributed by atoms with Crippen molar-refractivity contribution >= 4 is 47.2 Å². The first-order chi connectivity index (χ1) is 12.0. The lowest BCUT2D eigenvalue weighted by atomic mass is 10.2. The smallest absolute Gasteiger partial charge is 0.193 e. The zero-order chi connectivity index (χ0) is 18.2. The zero-order valence-corrected chi connectivity index (χ0v) is 17.7. The monoisotopic (exact) mass is 491 g/mol. The van der Waals surface area contributed by atoms with E-state index in [1.807, 2.05) is 31.2 Å². The van der Waals surface area contributed by atoms with Crippen molar-refractivity contribution in [2.24, 2.45) is 10.7 Å². The van der Waals surface area contributed by atoms with Crippen LogP contribution in [0.2, 0.25) is 5.02 Å². The number of hydrogen-bond donors (Lipinski definition) is 3. The van der Waals surface area contributed by atoms with E-state index in [-0.39, 0.29) is 43.1 Å². The van der Waals surface area contributed by atoms with Crippen LogP contribution in [0.5, 0.6) is 11.5 Å². The van der Waals surface area contributed by atoms with E-state index >= 15 is 0 Å². The summed E-state index contributed by atoms with van der Waals surface area (Å²) in [4.78, 5) is 4.10. The van der Waals surface area contributed by atoms with Crippen LogP contribution in [0.3, 0.4) is 0 Å². The summed E-state index contributed by atoms with van der Waals surface area (Å²) in [6.07, 6.45) is -0.764. The molecule has 0 bridgehead atoms. The molecule has 2 aromatic carbocycles. The molecule has 1 unspecified atom stereocenters. The largest absolute Gasteiger partial charge is 0.495 e. The fourth-order valence-corrected chi connectivity index (χ4v) is 2.34. The molecule has 0 heterocycles. The molecule has 2 aromatic rings. The van der Waals surface area contributed by atoms with Crippen LogP contribution in [0.1, 0.15) is 5.56 Å². The topological polar surface area (TPSA) is 89.1 Å². The van der Waals surface area contributed by atoms with Gasteiger partial charge in [-0.3, -0.25) is 4.99 Å². The number of aryl methyl sites for hydroxylation is 1. The van der Waals surface area contributed by atoms with Gasteiger partial charge in [-0.25, -0.2) is 0 Å². The number of ether oxygens (including phenoxy) is 2. The molecule has 0 saturated heterocycles. The summed E-state index contributed by atoms with van der Waals surface area (Å²) in [5, 5.41) is 13.3. The van der Waals surface area contributed by atoms with Gasteiger partial charge in [0.1, 0.15) is 24.2 Å². The molecule has 0 fully saturated rings. The zero-order valence-electron chi connectivity index (χ0n) is 14.6. The van der Waals surface area contributed by atoms with Crippen molar-refractivity contribution in [2.45, 2.75) is 13.0 Å². The molecule has 0 amide bonds. The highest BCUT2D eigenvalue weighted by molar-refractivity contribution is 14.0. The number of guanidine groups is 1. The summed E-state index contributed by atoms with van der Waals surface area (Å²) >= 11 is 6.05. The van der Waals surface area contributed by atoms with Crippen LogP contribution in [-0.4, -0.2) is 37.4 Å². The predicted molar refractivity (Wildman–Crippen MR) is 116 cm³/mol. The number of aliphatic hydroxyl groups excluding tert-OH is 1. The number of hydrogen-bond acceptors (Lipinski definition) is 4.